The van der Waals surface area contributed by atoms with E-state index in [1.54, 1.807) is 6.20 Å². The van der Waals surface area contributed by atoms with Crippen molar-refractivity contribution in [2.24, 2.45) is 0 Å². The van der Waals surface area contributed by atoms with Crippen LogP contribution in [0.3, 0.4) is 0 Å². The van der Waals surface area contributed by atoms with Gasteiger partial charge in [0.25, 0.3) is 0 Å². The molecule has 82 valence electrons. The number of nitrogen functional groups attached to an aromatic ring is 1. The average molecular weight is 224 g/mol. The number of nitrogens with two attached hydrogens (primary N) is 1. The van der Waals surface area contributed by atoms with Gasteiger partial charge in [-0.3, -0.25) is 0 Å². The van der Waals surface area contributed by atoms with Gasteiger partial charge >= 0.3 is 0 Å². The molecule has 2 N–H and O–H groups in total. The minimum atomic E-state index is 0.368. The van der Waals surface area contributed by atoms with E-state index in [2.05, 4.69) is 14.9 Å². The van der Waals surface area contributed by atoms with Gasteiger partial charge < -0.3 is 10.6 Å². The summed E-state index contributed by atoms with van der Waals surface area (Å²) in [6.45, 7) is 4.17. The standard InChI is InChI=1S/C10H16N4S/c1-8-7-12-10(11)13-9(8)14-3-2-5-15-6-4-14/h7H,2-6H2,1H3,(H2,11,12,13). The van der Waals surface area contributed by atoms with E-state index < -0.39 is 0 Å². The van der Waals surface area contributed by atoms with Crippen molar-refractivity contribution in [3.63, 3.8) is 0 Å². The SMILES string of the molecule is Cc1cnc(N)nc1N1CCCSCC1. The van der Waals surface area contributed by atoms with E-state index in [0.29, 0.717) is 5.95 Å². The average Bonchev–Trinajstić information content (AvgIpc) is 2.50. The fraction of sp³-hybridized carbons (Fsp3) is 0.600. The van der Waals surface area contributed by atoms with E-state index in [0.717, 1.165) is 24.5 Å². The second-order valence-electron chi connectivity index (χ2n) is 3.69. The number of anilines is 2. The normalized spacial score (nSPS) is 17.5. The lowest BCUT2D eigenvalue weighted by molar-refractivity contribution is 0.795. The van der Waals surface area contributed by atoms with Gasteiger partial charge in [-0.2, -0.15) is 16.7 Å². The summed E-state index contributed by atoms with van der Waals surface area (Å²) in [4.78, 5) is 10.6. The monoisotopic (exact) mass is 224 g/mol. The molecule has 5 heteroatoms. The van der Waals surface area contributed by atoms with Crippen LogP contribution in [-0.4, -0.2) is 34.6 Å². The maximum absolute atomic E-state index is 5.62. The van der Waals surface area contributed by atoms with Crippen LogP contribution in [0.15, 0.2) is 6.20 Å². The van der Waals surface area contributed by atoms with Crippen molar-refractivity contribution < 1.29 is 0 Å². The first-order valence-electron chi connectivity index (χ1n) is 5.19. The fourth-order valence-corrected chi connectivity index (χ4v) is 2.61. The Morgan fingerprint density at radius 2 is 2.27 bits per heavy atom. The first-order chi connectivity index (χ1) is 7.27. The van der Waals surface area contributed by atoms with Crippen molar-refractivity contribution in [1.29, 1.82) is 0 Å². The van der Waals surface area contributed by atoms with Crippen molar-refractivity contribution in [3.8, 4) is 0 Å². The number of aryl methyl sites for hydroxylation is 1. The van der Waals surface area contributed by atoms with Gasteiger partial charge in [-0.15, -0.1) is 0 Å². The maximum Gasteiger partial charge on any atom is 0.221 e. The summed E-state index contributed by atoms with van der Waals surface area (Å²) in [6, 6.07) is 0. The lowest BCUT2D eigenvalue weighted by Gasteiger charge is -2.22. The summed E-state index contributed by atoms with van der Waals surface area (Å²) in [5.41, 5.74) is 6.73. The van der Waals surface area contributed by atoms with Crippen LogP contribution < -0.4 is 10.6 Å². The third-order valence-corrected chi connectivity index (χ3v) is 3.53. The third kappa shape index (κ3) is 2.53. The molecule has 1 aliphatic rings. The minimum absolute atomic E-state index is 0.368. The van der Waals surface area contributed by atoms with Crippen LogP contribution >= 0.6 is 11.8 Å². The molecule has 4 nitrogen and oxygen atoms in total. The molecular weight excluding hydrogens is 208 g/mol. The Kier molecular flexibility index (Phi) is 3.30. The van der Waals surface area contributed by atoms with Gasteiger partial charge in [-0.1, -0.05) is 0 Å². The van der Waals surface area contributed by atoms with Crippen LogP contribution in [0.2, 0.25) is 0 Å². The number of rotatable bonds is 1. The van der Waals surface area contributed by atoms with Gasteiger partial charge in [0, 0.05) is 30.6 Å². The highest BCUT2D eigenvalue weighted by molar-refractivity contribution is 7.99. The predicted octanol–water partition coefficient (Wildman–Crippen LogP) is 1.31. The summed E-state index contributed by atoms with van der Waals surface area (Å²) < 4.78 is 0. The van der Waals surface area contributed by atoms with Crippen LogP contribution in [0.5, 0.6) is 0 Å². The van der Waals surface area contributed by atoms with Gasteiger partial charge in [-0.25, -0.2) is 4.98 Å². The van der Waals surface area contributed by atoms with Crippen molar-refractivity contribution in [1.82, 2.24) is 9.97 Å². The summed E-state index contributed by atoms with van der Waals surface area (Å²) >= 11 is 2.01. The smallest absolute Gasteiger partial charge is 0.221 e. The Hall–Kier alpha value is -0.970. The minimum Gasteiger partial charge on any atom is -0.368 e. The highest BCUT2D eigenvalue weighted by Gasteiger charge is 2.13. The molecule has 2 rings (SSSR count). The van der Waals surface area contributed by atoms with Crippen LogP contribution in [0, 0.1) is 6.92 Å². The summed E-state index contributed by atoms with van der Waals surface area (Å²) in [5.74, 6) is 3.79. The summed E-state index contributed by atoms with van der Waals surface area (Å²) in [7, 11) is 0. The molecular formula is C10H16N4S. The van der Waals surface area contributed by atoms with E-state index in [-0.39, 0.29) is 0 Å². The van der Waals surface area contributed by atoms with Gasteiger partial charge in [0.2, 0.25) is 5.95 Å². The van der Waals surface area contributed by atoms with E-state index >= 15 is 0 Å². The van der Waals surface area contributed by atoms with Crippen molar-refractivity contribution in [2.45, 2.75) is 13.3 Å². The van der Waals surface area contributed by atoms with Crippen LogP contribution in [0.1, 0.15) is 12.0 Å². The third-order valence-electron chi connectivity index (χ3n) is 2.49. The molecule has 15 heavy (non-hydrogen) atoms. The van der Waals surface area contributed by atoms with Gasteiger partial charge in [0.15, 0.2) is 0 Å². The van der Waals surface area contributed by atoms with E-state index in [9.17, 15) is 0 Å². The van der Waals surface area contributed by atoms with Crippen LogP contribution in [0.25, 0.3) is 0 Å². The van der Waals surface area contributed by atoms with E-state index in [1.165, 1.54) is 17.9 Å². The topological polar surface area (TPSA) is 55.0 Å². The lowest BCUT2D eigenvalue weighted by Crippen LogP contribution is -2.27. The van der Waals surface area contributed by atoms with Gasteiger partial charge in [0.1, 0.15) is 5.82 Å². The molecule has 0 spiro atoms. The molecule has 0 bridgehead atoms. The van der Waals surface area contributed by atoms with Crippen molar-refractivity contribution in [3.05, 3.63) is 11.8 Å². The van der Waals surface area contributed by atoms with Crippen molar-refractivity contribution in [2.75, 3.05) is 35.2 Å². The van der Waals surface area contributed by atoms with E-state index in [4.69, 9.17) is 5.73 Å². The highest BCUT2D eigenvalue weighted by atomic mass is 32.2. The molecule has 0 atom stereocenters. The molecule has 0 aliphatic carbocycles. The molecule has 0 saturated carbocycles. The molecule has 1 fully saturated rings. The number of nitrogens with zero attached hydrogens (tertiary/aromatic N) is 3. The fourth-order valence-electron chi connectivity index (χ4n) is 1.72. The zero-order chi connectivity index (χ0) is 10.7. The lowest BCUT2D eigenvalue weighted by atomic mass is 10.3. The molecule has 0 radical (unpaired) electrons. The quantitative estimate of drug-likeness (QED) is 0.779. The Balaban J connectivity index is 2.22. The molecule has 1 aliphatic heterocycles. The Morgan fingerprint density at radius 1 is 1.40 bits per heavy atom. The molecule has 1 saturated heterocycles. The number of aromatic nitrogens is 2. The van der Waals surface area contributed by atoms with Gasteiger partial charge in [-0.05, 0) is 19.1 Å². The molecule has 2 heterocycles. The van der Waals surface area contributed by atoms with Crippen LogP contribution in [0.4, 0.5) is 11.8 Å². The van der Waals surface area contributed by atoms with Crippen LogP contribution in [-0.2, 0) is 0 Å². The highest BCUT2D eigenvalue weighted by Crippen LogP contribution is 2.20. The molecule has 0 amide bonds. The zero-order valence-electron chi connectivity index (χ0n) is 8.94. The van der Waals surface area contributed by atoms with Crippen molar-refractivity contribution >= 4 is 23.5 Å². The Bertz CT molecular complexity index is 334. The zero-order valence-corrected chi connectivity index (χ0v) is 9.76. The summed E-state index contributed by atoms with van der Waals surface area (Å²) in [6.07, 6.45) is 3.02. The Labute approximate surface area is 94.3 Å². The number of hydrogen-bond acceptors (Lipinski definition) is 5. The molecule has 1 aromatic heterocycles. The largest absolute Gasteiger partial charge is 0.368 e. The first-order valence-corrected chi connectivity index (χ1v) is 6.34. The number of thioether (sulfide) groups is 1. The van der Waals surface area contributed by atoms with Gasteiger partial charge in [0.05, 0.1) is 0 Å². The predicted molar refractivity (Wildman–Crippen MR) is 65.3 cm³/mol. The Morgan fingerprint density at radius 3 is 3.13 bits per heavy atom. The second-order valence-corrected chi connectivity index (χ2v) is 4.91. The second kappa shape index (κ2) is 4.70. The molecule has 0 unspecified atom stereocenters. The maximum atomic E-state index is 5.62. The summed E-state index contributed by atoms with van der Waals surface area (Å²) in [5, 5.41) is 0. The number of hydrogen-bond donors (Lipinski definition) is 1. The first kappa shape index (κ1) is 10.5. The molecule has 0 aromatic carbocycles. The molecule has 1 aromatic rings. The van der Waals surface area contributed by atoms with E-state index in [1.807, 2.05) is 18.7 Å².